The fourth-order valence-electron chi connectivity index (χ4n) is 6.55. The second kappa shape index (κ2) is 8.20. The van der Waals surface area contributed by atoms with E-state index in [2.05, 4.69) is 45.4 Å². The van der Waals surface area contributed by atoms with Gasteiger partial charge in [0.05, 0.1) is 11.4 Å². The van der Waals surface area contributed by atoms with Crippen molar-refractivity contribution in [2.75, 3.05) is 0 Å². The summed E-state index contributed by atoms with van der Waals surface area (Å²) in [7, 11) is 0. The zero-order valence-electron chi connectivity index (χ0n) is 19.3. The lowest BCUT2D eigenvalue weighted by Crippen LogP contribution is -2.44. The van der Waals surface area contributed by atoms with Crippen molar-refractivity contribution in [3.8, 4) is 17.2 Å². The molecular weight excluding hydrogens is 440 g/mol. The summed E-state index contributed by atoms with van der Waals surface area (Å²) in [5.41, 5.74) is 4.30. The minimum absolute atomic E-state index is 0.267. The Labute approximate surface area is 203 Å². The van der Waals surface area contributed by atoms with Gasteiger partial charge in [-0.15, -0.1) is 0 Å². The van der Waals surface area contributed by atoms with Crippen molar-refractivity contribution in [3.05, 3.63) is 101 Å². The van der Waals surface area contributed by atoms with Gasteiger partial charge in [0, 0.05) is 47.9 Å². The first-order valence-corrected chi connectivity index (χ1v) is 12.3. The Morgan fingerprint density at radius 1 is 0.914 bits per heavy atom. The highest BCUT2D eigenvalue weighted by Gasteiger charge is 2.45. The van der Waals surface area contributed by atoms with Crippen molar-refractivity contribution in [1.82, 2.24) is 19.6 Å². The Kier molecular flexibility index (Phi) is 4.84. The van der Waals surface area contributed by atoms with Gasteiger partial charge in [-0.2, -0.15) is 0 Å². The molecule has 7 heteroatoms. The van der Waals surface area contributed by atoms with Crippen molar-refractivity contribution in [2.45, 2.75) is 50.2 Å². The molecule has 2 saturated heterocycles. The molecule has 4 aromatic rings. The quantitative estimate of drug-likeness (QED) is 0.426. The highest BCUT2D eigenvalue weighted by molar-refractivity contribution is 5.57. The minimum Gasteiger partial charge on any atom is -0.457 e. The maximum atomic E-state index is 12.0. The molecule has 3 unspecified atom stereocenters. The number of hydrogen-bond donors (Lipinski definition) is 0. The number of para-hydroxylation sites is 1. The summed E-state index contributed by atoms with van der Waals surface area (Å²) in [5, 5.41) is 3.62. The minimum atomic E-state index is -0.505. The van der Waals surface area contributed by atoms with Crippen molar-refractivity contribution in [1.29, 1.82) is 0 Å². The summed E-state index contributed by atoms with van der Waals surface area (Å²) in [6.07, 6.45) is 8.11. The molecule has 5 heterocycles. The molecule has 0 amide bonds. The molecule has 2 aromatic carbocycles. The van der Waals surface area contributed by atoms with Gasteiger partial charge in [0.25, 0.3) is 0 Å². The molecule has 2 bridgehead atoms. The van der Waals surface area contributed by atoms with Crippen LogP contribution in [0.25, 0.3) is 5.69 Å². The zero-order valence-corrected chi connectivity index (χ0v) is 19.3. The third-order valence-electron chi connectivity index (χ3n) is 8.04. The molecule has 2 fully saturated rings. The molecule has 2 aromatic heterocycles. The molecule has 0 saturated carbocycles. The van der Waals surface area contributed by atoms with Crippen LogP contribution in [0.15, 0.2) is 82.5 Å². The van der Waals surface area contributed by atoms with Crippen LogP contribution in [0, 0.1) is 5.92 Å². The molecule has 0 aliphatic carbocycles. The summed E-state index contributed by atoms with van der Waals surface area (Å²) in [6.45, 7) is 0.931. The van der Waals surface area contributed by atoms with Gasteiger partial charge in [0.15, 0.2) is 0 Å². The number of rotatable bonds is 4. The molecule has 0 N–H and O–H groups in total. The fraction of sp³-hybridized carbons (Fsp3) is 0.321. The molecule has 176 valence electrons. The first kappa shape index (κ1) is 20.6. The summed E-state index contributed by atoms with van der Waals surface area (Å²) in [5.74, 6) is 2.00. The second-order valence-electron chi connectivity index (χ2n) is 9.90. The van der Waals surface area contributed by atoms with E-state index in [0.717, 1.165) is 36.6 Å². The SMILES string of the molecule is O=c1oncn1-c1ccc2c(c1)Oc1ccccc1C2C1CC2CCC(C1)N2Cc1ccccn1. The van der Waals surface area contributed by atoms with Crippen LogP contribution in [0.4, 0.5) is 0 Å². The van der Waals surface area contributed by atoms with E-state index >= 15 is 0 Å². The Balaban J connectivity index is 1.23. The average molecular weight is 467 g/mol. The van der Waals surface area contributed by atoms with Gasteiger partial charge in [0.2, 0.25) is 0 Å². The Bertz CT molecular complexity index is 1420. The number of benzene rings is 2. The van der Waals surface area contributed by atoms with E-state index in [4.69, 9.17) is 9.26 Å². The van der Waals surface area contributed by atoms with Gasteiger partial charge < -0.3 is 4.74 Å². The van der Waals surface area contributed by atoms with E-state index < -0.39 is 5.76 Å². The normalized spacial score (nSPS) is 25.0. The molecule has 0 spiro atoms. The lowest BCUT2D eigenvalue weighted by Gasteiger charge is -2.43. The lowest BCUT2D eigenvalue weighted by atomic mass is 9.72. The van der Waals surface area contributed by atoms with Crippen molar-refractivity contribution in [2.24, 2.45) is 5.92 Å². The van der Waals surface area contributed by atoms with Gasteiger partial charge >= 0.3 is 5.76 Å². The van der Waals surface area contributed by atoms with Gasteiger partial charge in [-0.3, -0.25) is 14.4 Å². The third-order valence-corrected chi connectivity index (χ3v) is 8.04. The highest BCUT2D eigenvalue weighted by Crippen LogP contribution is 2.53. The number of hydrogen-bond acceptors (Lipinski definition) is 6. The van der Waals surface area contributed by atoms with Crippen molar-refractivity contribution >= 4 is 0 Å². The Hall–Kier alpha value is -3.71. The van der Waals surface area contributed by atoms with Crippen LogP contribution in [0.5, 0.6) is 11.5 Å². The van der Waals surface area contributed by atoms with Gasteiger partial charge in [-0.1, -0.05) is 35.5 Å². The summed E-state index contributed by atoms with van der Waals surface area (Å²) in [4.78, 5) is 19.3. The molecule has 7 rings (SSSR count). The van der Waals surface area contributed by atoms with E-state index in [0.29, 0.717) is 23.7 Å². The number of aromatic nitrogens is 3. The monoisotopic (exact) mass is 466 g/mol. The summed E-state index contributed by atoms with van der Waals surface area (Å²) >= 11 is 0. The number of ether oxygens (including phenoxy) is 1. The maximum absolute atomic E-state index is 12.0. The van der Waals surface area contributed by atoms with Crippen LogP contribution < -0.4 is 10.5 Å². The topological polar surface area (TPSA) is 73.4 Å². The number of nitrogens with zero attached hydrogens (tertiary/aromatic N) is 4. The highest BCUT2D eigenvalue weighted by atomic mass is 16.5. The number of fused-ring (bicyclic) bond motifs is 4. The third kappa shape index (κ3) is 3.49. The predicted molar refractivity (Wildman–Crippen MR) is 130 cm³/mol. The van der Waals surface area contributed by atoms with Crippen LogP contribution in [0.1, 0.15) is 48.4 Å². The van der Waals surface area contributed by atoms with Crippen LogP contribution in [0.3, 0.4) is 0 Å². The van der Waals surface area contributed by atoms with Gasteiger partial charge in [-0.05, 0) is 55.9 Å². The molecule has 35 heavy (non-hydrogen) atoms. The molecule has 3 aliphatic rings. The number of pyridine rings is 1. The van der Waals surface area contributed by atoms with E-state index in [9.17, 15) is 4.79 Å². The van der Waals surface area contributed by atoms with E-state index in [1.807, 2.05) is 36.5 Å². The molecular formula is C28H26N4O3. The first-order chi connectivity index (χ1) is 17.2. The van der Waals surface area contributed by atoms with E-state index in [1.165, 1.54) is 34.9 Å². The van der Waals surface area contributed by atoms with Gasteiger partial charge in [0.1, 0.15) is 17.8 Å². The molecule has 3 atom stereocenters. The van der Waals surface area contributed by atoms with Gasteiger partial charge in [-0.25, -0.2) is 9.36 Å². The summed E-state index contributed by atoms with van der Waals surface area (Å²) < 4.78 is 12.5. The fourth-order valence-corrected chi connectivity index (χ4v) is 6.55. The van der Waals surface area contributed by atoms with Crippen molar-refractivity contribution in [3.63, 3.8) is 0 Å². The maximum Gasteiger partial charge on any atom is 0.446 e. The zero-order chi connectivity index (χ0) is 23.4. The van der Waals surface area contributed by atoms with Crippen LogP contribution in [-0.2, 0) is 6.54 Å². The van der Waals surface area contributed by atoms with E-state index in [-0.39, 0.29) is 5.92 Å². The summed E-state index contributed by atoms with van der Waals surface area (Å²) in [6, 6.07) is 21.8. The van der Waals surface area contributed by atoms with Crippen molar-refractivity contribution < 1.29 is 9.26 Å². The molecule has 3 aliphatic heterocycles. The van der Waals surface area contributed by atoms with Crippen LogP contribution in [-0.4, -0.2) is 31.7 Å². The first-order valence-electron chi connectivity index (χ1n) is 12.3. The van der Waals surface area contributed by atoms with E-state index in [1.54, 1.807) is 0 Å². The molecule has 7 nitrogen and oxygen atoms in total. The average Bonchev–Trinajstić information content (AvgIpc) is 3.41. The van der Waals surface area contributed by atoms with Crippen LogP contribution in [0.2, 0.25) is 0 Å². The number of piperidine rings is 1. The Morgan fingerprint density at radius 2 is 1.71 bits per heavy atom. The largest absolute Gasteiger partial charge is 0.457 e. The Morgan fingerprint density at radius 3 is 2.49 bits per heavy atom. The lowest BCUT2D eigenvalue weighted by molar-refractivity contribution is 0.0876. The second-order valence-corrected chi connectivity index (χ2v) is 9.90. The standard InChI is InChI=1S/C28H26N4O3/c33-28-32(17-30-35-28)22-10-11-24-26(15-22)34-25-7-2-1-6-23(25)27(24)18-13-20-8-9-21(14-18)31(20)16-19-5-3-4-12-29-19/h1-7,10-12,15,17-18,20-21,27H,8-9,13-14,16H2. The predicted octanol–water partition coefficient (Wildman–Crippen LogP) is 4.90. The smallest absolute Gasteiger partial charge is 0.446 e. The molecule has 0 radical (unpaired) electrons. The van der Waals surface area contributed by atoms with Crippen LogP contribution >= 0.6 is 0 Å².